The van der Waals surface area contributed by atoms with Crippen molar-refractivity contribution in [2.75, 3.05) is 25.4 Å². The van der Waals surface area contributed by atoms with Gasteiger partial charge in [-0.25, -0.2) is 0 Å². The van der Waals surface area contributed by atoms with Crippen molar-refractivity contribution in [1.29, 1.82) is 0 Å². The molecule has 0 aliphatic heterocycles. The van der Waals surface area contributed by atoms with Crippen LogP contribution in [0, 0.1) is 5.41 Å². The van der Waals surface area contributed by atoms with Crippen molar-refractivity contribution in [3.63, 3.8) is 0 Å². The van der Waals surface area contributed by atoms with Crippen LogP contribution in [0.4, 0.5) is 0 Å². The summed E-state index contributed by atoms with van der Waals surface area (Å²) in [5, 5.41) is 41.7. The minimum atomic E-state index is -1.77. The third-order valence-corrected chi connectivity index (χ3v) is 4.25. The van der Waals surface area contributed by atoms with Gasteiger partial charge in [-0.2, -0.15) is 12.6 Å². The van der Waals surface area contributed by atoms with Gasteiger partial charge in [-0.1, -0.05) is 13.8 Å². The molecular formula is C18H26N2O7S. The predicted octanol–water partition coefficient (Wildman–Crippen LogP) is -0.118. The number of phenols is 2. The number of aliphatic hydroxyl groups is 2. The number of aliphatic hydroxyl groups excluding tert-OH is 2. The third kappa shape index (κ3) is 6.11. The zero-order valence-electron chi connectivity index (χ0n) is 16.7. The number of nitrogens with one attached hydrogen (secondary N) is 1. The van der Waals surface area contributed by atoms with Gasteiger partial charge in [0.15, 0.2) is 0 Å². The third-order valence-electron chi connectivity index (χ3n) is 4.03. The molecule has 10 heteroatoms. The molecule has 0 bridgehead atoms. The Morgan fingerprint density at radius 1 is 1.32 bits per heavy atom. The molecule has 0 radical (unpaired) electrons. The summed E-state index contributed by atoms with van der Waals surface area (Å²) in [4.78, 5) is 38.1. The predicted molar refractivity (Wildman–Crippen MR) is 104 cm³/mol. The Kier molecular flexibility index (Phi) is 8.09. The average molecular weight is 415 g/mol. The maximum Gasteiger partial charge on any atom is 0.264 e. The molecule has 0 saturated carbocycles. The Hall–Kier alpha value is -2.30. The summed E-state index contributed by atoms with van der Waals surface area (Å²) in [5.74, 6) is -3.61. The van der Waals surface area contributed by atoms with E-state index in [1.807, 2.05) is 0 Å². The SMILES string of the molecule is [2H]c1c(O)ccc(C(=O)N(CCC(=O)NCCS)C(=O)[C@H](O)C(C)(C)CO)c1O. The summed E-state index contributed by atoms with van der Waals surface area (Å²) in [5.41, 5.74) is -1.73. The largest absolute Gasteiger partial charge is 0.508 e. The van der Waals surface area contributed by atoms with Gasteiger partial charge < -0.3 is 25.7 Å². The Balaban J connectivity index is 3.22. The minimum Gasteiger partial charge on any atom is -0.508 e. The summed E-state index contributed by atoms with van der Waals surface area (Å²) >= 11 is 3.96. The number of nitrogens with zero attached hydrogens (tertiary/aromatic N) is 1. The Labute approximate surface area is 169 Å². The van der Waals surface area contributed by atoms with Crippen molar-refractivity contribution in [3.05, 3.63) is 23.7 Å². The van der Waals surface area contributed by atoms with Crippen molar-refractivity contribution in [1.82, 2.24) is 10.2 Å². The summed E-state index contributed by atoms with van der Waals surface area (Å²) in [6.07, 6.45) is -2.05. The van der Waals surface area contributed by atoms with Gasteiger partial charge in [-0.3, -0.25) is 19.3 Å². The standard InChI is InChI=1S/C18H26N2O7S/c1-18(2,10-21)15(25)17(27)20(7-5-14(24)19-6-8-28)16(26)12-4-3-11(22)9-13(12)23/h3-4,9,15,21-23,25,28H,5-8,10H2,1-2H3,(H,19,24)/t15-/m0/s1/i9D. The number of amides is 3. The fourth-order valence-electron chi connectivity index (χ4n) is 2.17. The summed E-state index contributed by atoms with van der Waals surface area (Å²) in [6.45, 7) is 2.15. The van der Waals surface area contributed by atoms with E-state index < -0.39 is 65.5 Å². The second-order valence-electron chi connectivity index (χ2n) is 6.77. The molecule has 0 spiro atoms. The first kappa shape index (κ1) is 22.0. The van der Waals surface area contributed by atoms with Crippen molar-refractivity contribution in [2.45, 2.75) is 26.4 Å². The highest BCUT2D eigenvalue weighted by Gasteiger charge is 2.38. The Bertz CT molecular complexity index is 773. The van der Waals surface area contributed by atoms with Gasteiger partial charge in [-0.15, -0.1) is 0 Å². The van der Waals surface area contributed by atoms with Crippen molar-refractivity contribution in [3.8, 4) is 11.5 Å². The number of hydrogen-bond donors (Lipinski definition) is 6. The molecule has 1 aromatic rings. The van der Waals surface area contributed by atoms with Crippen LogP contribution in [0.3, 0.4) is 0 Å². The van der Waals surface area contributed by atoms with Crippen molar-refractivity contribution < 1.29 is 36.2 Å². The molecule has 1 aromatic carbocycles. The van der Waals surface area contributed by atoms with E-state index in [0.29, 0.717) is 10.7 Å². The Morgan fingerprint density at radius 2 is 1.96 bits per heavy atom. The number of rotatable bonds is 9. The summed E-state index contributed by atoms with van der Waals surface area (Å²) in [6, 6.07) is 1.33. The number of benzene rings is 1. The smallest absolute Gasteiger partial charge is 0.264 e. The van der Waals surface area contributed by atoms with Crippen LogP contribution in [0.25, 0.3) is 0 Å². The minimum absolute atomic E-state index is 0.274. The first-order valence-electron chi connectivity index (χ1n) is 9.01. The number of aromatic hydroxyl groups is 2. The molecule has 1 rings (SSSR count). The highest BCUT2D eigenvalue weighted by atomic mass is 32.1. The average Bonchev–Trinajstić information content (AvgIpc) is 2.69. The number of imide groups is 1. The van der Waals surface area contributed by atoms with E-state index in [2.05, 4.69) is 17.9 Å². The molecule has 0 unspecified atom stereocenters. The molecular weight excluding hydrogens is 388 g/mol. The summed E-state index contributed by atoms with van der Waals surface area (Å²) < 4.78 is 7.58. The lowest BCUT2D eigenvalue weighted by molar-refractivity contribution is -0.145. The zero-order valence-corrected chi connectivity index (χ0v) is 16.6. The zero-order chi connectivity index (χ0) is 22.4. The van der Waals surface area contributed by atoms with E-state index >= 15 is 0 Å². The second kappa shape index (κ2) is 10.3. The molecule has 9 nitrogen and oxygen atoms in total. The van der Waals surface area contributed by atoms with E-state index in [4.69, 9.17) is 1.37 Å². The maximum absolute atomic E-state index is 12.9. The van der Waals surface area contributed by atoms with Gasteiger partial charge in [0.2, 0.25) is 5.91 Å². The van der Waals surface area contributed by atoms with Crippen molar-refractivity contribution in [2.24, 2.45) is 5.41 Å². The molecule has 0 fully saturated rings. The van der Waals surface area contributed by atoms with E-state index in [-0.39, 0.29) is 13.0 Å². The molecule has 3 amide bonds. The fourth-order valence-corrected chi connectivity index (χ4v) is 2.28. The van der Waals surface area contributed by atoms with Gasteiger partial charge in [-0.05, 0) is 12.1 Å². The first-order valence-corrected chi connectivity index (χ1v) is 9.14. The van der Waals surface area contributed by atoms with Gasteiger partial charge in [0.05, 0.1) is 13.5 Å². The molecule has 0 aromatic heterocycles. The van der Waals surface area contributed by atoms with Crippen molar-refractivity contribution >= 4 is 30.4 Å². The molecule has 1 atom stereocenters. The van der Waals surface area contributed by atoms with E-state index in [0.717, 1.165) is 12.1 Å². The van der Waals surface area contributed by atoms with Crippen LogP contribution in [0.5, 0.6) is 11.5 Å². The van der Waals surface area contributed by atoms with Gasteiger partial charge in [0.25, 0.3) is 11.8 Å². The maximum atomic E-state index is 12.9. The lowest BCUT2D eigenvalue weighted by Gasteiger charge is -2.31. The second-order valence-corrected chi connectivity index (χ2v) is 7.22. The van der Waals surface area contributed by atoms with Gasteiger partial charge in [0, 0.05) is 36.7 Å². The normalized spacial score (nSPS) is 12.8. The molecule has 0 aliphatic rings. The highest BCUT2D eigenvalue weighted by Crippen LogP contribution is 2.26. The number of thiol groups is 1. The topological polar surface area (TPSA) is 147 Å². The number of hydrogen-bond acceptors (Lipinski definition) is 8. The van der Waals surface area contributed by atoms with Crippen LogP contribution >= 0.6 is 12.6 Å². The van der Waals surface area contributed by atoms with Crippen LogP contribution in [0.15, 0.2) is 18.2 Å². The van der Waals surface area contributed by atoms with Gasteiger partial charge >= 0.3 is 0 Å². The lowest BCUT2D eigenvalue weighted by atomic mass is 9.86. The van der Waals surface area contributed by atoms with Crippen LogP contribution in [0.2, 0.25) is 0 Å². The quantitative estimate of drug-likeness (QED) is 0.308. The first-order chi connectivity index (χ1) is 13.5. The van der Waals surface area contributed by atoms with Crippen LogP contribution in [-0.2, 0) is 9.59 Å². The molecule has 0 aliphatic carbocycles. The number of carbonyl (C=O) groups is 3. The molecule has 0 saturated heterocycles. The van der Waals surface area contributed by atoms with E-state index in [9.17, 15) is 34.8 Å². The molecule has 156 valence electrons. The van der Waals surface area contributed by atoms with Crippen LogP contribution in [-0.4, -0.2) is 74.6 Å². The highest BCUT2D eigenvalue weighted by molar-refractivity contribution is 7.80. The van der Waals surface area contributed by atoms with Crippen LogP contribution in [0.1, 0.15) is 32.0 Å². The van der Waals surface area contributed by atoms with Crippen LogP contribution < -0.4 is 5.32 Å². The fraction of sp³-hybridized carbons (Fsp3) is 0.500. The molecule has 5 N–H and O–H groups in total. The molecule has 28 heavy (non-hydrogen) atoms. The number of phenolic OH excluding ortho intramolecular Hbond substituents is 2. The monoisotopic (exact) mass is 415 g/mol. The molecule has 0 heterocycles. The van der Waals surface area contributed by atoms with E-state index in [1.54, 1.807) is 0 Å². The Morgan fingerprint density at radius 3 is 2.54 bits per heavy atom. The van der Waals surface area contributed by atoms with E-state index in [1.165, 1.54) is 13.8 Å². The van der Waals surface area contributed by atoms with Gasteiger partial charge in [0.1, 0.15) is 17.6 Å². The number of carbonyl (C=O) groups excluding carboxylic acids is 3. The lowest BCUT2D eigenvalue weighted by Crippen LogP contribution is -2.50. The summed E-state index contributed by atoms with van der Waals surface area (Å²) in [7, 11) is 0.